The summed E-state index contributed by atoms with van der Waals surface area (Å²) < 4.78 is 0. The minimum atomic E-state index is -0.277. The molecule has 3 rings (SSSR count). The van der Waals surface area contributed by atoms with Gasteiger partial charge in [-0.05, 0) is 48.2 Å². The first-order chi connectivity index (χ1) is 16.6. The first-order valence-corrected chi connectivity index (χ1v) is 11.9. The number of carbonyl (C=O) groups excluding carboxylic acids is 2. The number of amides is 3. The number of urea groups is 1. The summed E-state index contributed by atoms with van der Waals surface area (Å²) in [5.41, 5.74) is 4.06. The Kier molecular flexibility index (Phi) is 10.1. The van der Waals surface area contributed by atoms with Crippen molar-refractivity contribution in [1.82, 2.24) is 16.0 Å². The van der Waals surface area contributed by atoms with E-state index in [0.717, 1.165) is 35.5 Å². The van der Waals surface area contributed by atoms with Crippen LogP contribution in [0.4, 0.5) is 10.5 Å². The molecule has 0 aliphatic heterocycles. The average Bonchev–Trinajstić information content (AvgIpc) is 2.87. The van der Waals surface area contributed by atoms with E-state index in [0.29, 0.717) is 25.8 Å². The van der Waals surface area contributed by atoms with Crippen LogP contribution in [-0.4, -0.2) is 37.6 Å². The average molecular weight is 459 g/mol. The minimum Gasteiger partial charge on any atom is -0.355 e. The van der Waals surface area contributed by atoms with Gasteiger partial charge in [0.25, 0.3) is 0 Å². The van der Waals surface area contributed by atoms with Crippen LogP contribution >= 0.6 is 0 Å². The fourth-order valence-electron chi connectivity index (χ4n) is 3.71. The molecule has 0 aliphatic carbocycles. The quantitative estimate of drug-likeness (QED) is 0.300. The lowest BCUT2D eigenvalue weighted by molar-refractivity contribution is -0.121. The number of benzene rings is 3. The van der Waals surface area contributed by atoms with Crippen molar-refractivity contribution < 1.29 is 9.59 Å². The number of nitrogens with one attached hydrogen (secondary N) is 4. The molecule has 0 radical (unpaired) electrons. The third-order valence-corrected chi connectivity index (χ3v) is 5.50. The van der Waals surface area contributed by atoms with E-state index in [1.54, 1.807) is 0 Å². The van der Waals surface area contributed by atoms with Crippen molar-refractivity contribution in [3.63, 3.8) is 0 Å². The van der Waals surface area contributed by atoms with E-state index in [4.69, 9.17) is 0 Å². The molecule has 0 heterocycles. The highest BCUT2D eigenvalue weighted by molar-refractivity contribution is 5.89. The van der Waals surface area contributed by atoms with Gasteiger partial charge in [-0.2, -0.15) is 0 Å². The molecule has 0 unspecified atom stereocenters. The summed E-state index contributed by atoms with van der Waals surface area (Å²) in [6.45, 7) is 4.26. The molecule has 0 saturated heterocycles. The minimum absolute atomic E-state index is 0.00493. The van der Waals surface area contributed by atoms with E-state index in [1.165, 1.54) is 0 Å². The van der Waals surface area contributed by atoms with Crippen LogP contribution in [0, 0.1) is 0 Å². The lowest BCUT2D eigenvalue weighted by Crippen LogP contribution is -2.40. The Morgan fingerprint density at radius 2 is 1.44 bits per heavy atom. The van der Waals surface area contributed by atoms with Crippen LogP contribution < -0.4 is 21.3 Å². The second kappa shape index (κ2) is 13.8. The number of likely N-dealkylation sites (N-methyl/N-ethyl adjacent to an activating group) is 1. The molecule has 0 aliphatic rings. The molecule has 3 aromatic rings. The fraction of sp³-hybridized carbons (Fsp3) is 0.286. The number of carbonyl (C=O) groups is 2. The van der Waals surface area contributed by atoms with Gasteiger partial charge < -0.3 is 21.3 Å². The Labute approximate surface area is 202 Å². The van der Waals surface area contributed by atoms with Gasteiger partial charge in [-0.15, -0.1) is 0 Å². The van der Waals surface area contributed by atoms with Crippen molar-refractivity contribution in [2.45, 2.75) is 32.2 Å². The molecule has 3 aromatic carbocycles. The Balaban J connectivity index is 1.55. The second-order valence-electron chi connectivity index (χ2n) is 8.17. The number of rotatable bonds is 12. The monoisotopic (exact) mass is 458 g/mol. The largest absolute Gasteiger partial charge is 0.355 e. The van der Waals surface area contributed by atoms with E-state index in [2.05, 4.69) is 33.4 Å². The molecule has 178 valence electrons. The summed E-state index contributed by atoms with van der Waals surface area (Å²) in [5.74, 6) is -0.00493. The van der Waals surface area contributed by atoms with E-state index in [1.807, 2.05) is 79.7 Å². The van der Waals surface area contributed by atoms with Crippen molar-refractivity contribution in [2.24, 2.45) is 0 Å². The van der Waals surface area contributed by atoms with Gasteiger partial charge in [0.2, 0.25) is 5.91 Å². The number of anilines is 1. The standard InChI is InChI=1S/C28H34N4O2/c1-2-29-19-20-30-27(33)18-17-26(21-22-9-5-3-6-10-22)32-28(34)31-25-15-13-24(14-16-25)23-11-7-4-8-12-23/h3-16,26,29H,2,17-21H2,1H3,(H,30,33)(H2,31,32,34)/t26-/m1/s1. The van der Waals surface area contributed by atoms with Gasteiger partial charge in [0.15, 0.2) is 0 Å². The maximum Gasteiger partial charge on any atom is 0.319 e. The first-order valence-electron chi connectivity index (χ1n) is 11.9. The zero-order chi connectivity index (χ0) is 24.0. The van der Waals surface area contributed by atoms with E-state index >= 15 is 0 Å². The summed E-state index contributed by atoms with van der Waals surface area (Å²) in [6.07, 6.45) is 1.57. The molecule has 0 fully saturated rings. The smallest absolute Gasteiger partial charge is 0.319 e. The fourth-order valence-corrected chi connectivity index (χ4v) is 3.71. The molecular weight excluding hydrogens is 424 g/mol. The van der Waals surface area contributed by atoms with Crippen LogP contribution in [-0.2, 0) is 11.2 Å². The summed E-state index contributed by atoms with van der Waals surface area (Å²) in [4.78, 5) is 24.9. The van der Waals surface area contributed by atoms with Gasteiger partial charge in [-0.25, -0.2) is 4.79 Å². The second-order valence-corrected chi connectivity index (χ2v) is 8.17. The number of hydrogen-bond acceptors (Lipinski definition) is 3. The summed E-state index contributed by atoms with van der Waals surface area (Å²) in [5, 5.41) is 12.1. The molecule has 0 aromatic heterocycles. The van der Waals surface area contributed by atoms with Crippen molar-refractivity contribution in [3.8, 4) is 11.1 Å². The predicted molar refractivity (Wildman–Crippen MR) is 139 cm³/mol. The molecule has 0 spiro atoms. The van der Waals surface area contributed by atoms with Gasteiger partial charge in [-0.3, -0.25) is 4.79 Å². The Hall–Kier alpha value is -3.64. The lowest BCUT2D eigenvalue weighted by atomic mass is 10.0. The topological polar surface area (TPSA) is 82.3 Å². The molecule has 3 amide bonds. The SMILES string of the molecule is CCNCCNC(=O)CC[C@H](Cc1ccccc1)NC(=O)Nc1ccc(-c2ccccc2)cc1. The van der Waals surface area contributed by atoms with Crippen molar-refractivity contribution in [2.75, 3.05) is 25.0 Å². The van der Waals surface area contributed by atoms with Gasteiger partial charge in [0.05, 0.1) is 0 Å². The first kappa shape index (κ1) is 25.0. The normalized spacial score (nSPS) is 11.4. The van der Waals surface area contributed by atoms with E-state index in [9.17, 15) is 9.59 Å². The van der Waals surface area contributed by atoms with Crippen LogP contribution in [0.25, 0.3) is 11.1 Å². The molecule has 0 saturated carbocycles. The van der Waals surface area contributed by atoms with Crippen molar-refractivity contribution in [1.29, 1.82) is 0 Å². The zero-order valence-electron chi connectivity index (χ0n) is 19.7. The summed E-state index contributed by atoms with van der Waals surface area (Å²) >= 11 is 0. The molecule has 4 N–H and O–H groups in total. The number of hydrogen-bond donors (Lipinski definition) is 4. The van der Waals surface area contributed by atoms with Crippen LogP contribution in [0.15, 0.2) is 84.9 Å². The third kappa shape index (κ3) is 8.71. The highest BCUT2D eigenvalue weighted by atomic mass is 16.2. The van der Waals surface area contributed by atoms with Gasteiger partial charge >= 0.3 is 6.03 Å². The van der Waals surface area contributed by atoms with Gasteiger partial charge in [-0.1, -0.05) is 79.7 Å². The van der Waals surface area contributed by atoms with Crippen molar-refractivity contribution in [3.05, 3.63) is 90.5 Å². The van der Waals surface area contributed by atoms with Crippen LogP contribution in [0.1, 0.15) is 25.3 Å². The molecule has 6 heteroatoms. The molecule has 1 atom stereocenters. The molecule has 0 bridgehead atoms. The highest BCUT2D eigenvalue weighted by Gasteiger charge is 2.15. The molecule has 6 nitrogen and oxygen atoms in total. The third-order valence-electron chi connectivity index (χ3n) is 5.50. The van der Waals surface area contributed by atoms with Crippen LogP contribution in [0.2, 0.25) is 0 Å². The predicted octanol–water partition coefficient (Wildman–Crippen LogP) is 4.59. The zero-order valence-corrected chi connectivity index (χ0v) is 19.7. The Morgan fingerprint density at radius 3 is 2.12 bits per heavy atom. The Morgan fingerprint density at radius 1 is 0.794 bits per heavy atom. The maximum atomic E-state index is 12.7. The van der Waals surface area contributed by atoms with Gasteiger partial charge in [0, 0.05) is 31.2 Å². The van der Waals surface area contributed by atoms with Gasteiger partial charge in [0.1, 0.15) is 0 Å². The maximum absolute atomic E-state index is 12.7. The van der Waals surface area contributed by atoms with Crippen LogP contribution in [0.5, 0.6) is 0 Å². The van der Waals surface area contributed by atoms with E-state index in [-0.39, 0.29) is 18.0 Å². The van der Waals surface area contributed by atoms with Crippen molar-refractivity contribution >= 4 is 17.6 Å². The molecular formula is C28H34N4O2. The highest BCUT2D eigenvalue weighted by Crippen LogP contribution is 2.21. The van der Waals surface area contributed by atoms with Crippen LogP contribution in [0.3, 0.4) is 0 Å². The lowest BCUT2D eigenvalue weighted by Gasteiger charge is -2.19. The van der Waals surface area contributed by atoms with E-state index < -0.39 is 0 Å². The summed E-state index contributed by atoms with van der Waals surface area (Å²) in [6, 6.07) is 27.4. The Bertz CT molecular complexity index is 1010. The summed E-state index contributed by atoms with van der Waals surface area (Å²) in [7, 11) is 0. The molecule has 34 heavy (non-hydrogen) atoms.